The van der Waals surface area contributed by atoms with Gasteiger partial charge in [-0.05, 0) is 51.9 Å². The van der Waals surface area contributed by atoms with Crippen molar-refractivity contribution in [2.24, 2.45) is 0 Å². The Hall–Kier alpha value is -1.92. The van der Waals surface area contributed by atoms with Crippen molar-refractivity contribution in [2.75, 3.05) is 32.4 Å². The summed E-state index contributed by atoms with van der Waals surface area (Å²) in [6.07, 6.45) is 2.90. The molecule has 0 saturated carbocycles. The number of anilines is 1. The molecule has 1 amide bonds. The standard InChI is InChI=1S/C19H26N4OS/c1-14-17(25-19(20)21-14)18(24)23(16-9-11-22(2)12-10-16)13-8-15-6-4-3-5-7-15/h3-7,16H,8-13H2,1-2H3,(H2,20,21). The molecule has 0 radical (unpaired) electrons. The summed E-state index contributed by atoms with van der Waals surface area (Å²) in [5, 5.41) is 0.465. The fourth-order valence-corrected chi connectivity index (χ4v) is 4.19. The zero-order valence-corrected chi connectivity index (χ0v) is 15.8. The third-order valence-electron chi connectivity index (χ3n) is 4.88. The highest BCUT2D eigenvalue weighted by Crippen LogP contribution is 2.25. The SMILES string of the molecule is Cc1nc(N)sc1C(=O)N(CCc1ccccc1)C1CCN(C)CC1. The van der Waals surface area contributed by atoms with E-state index in [9.17, 15) is 4.79 Å². The number of nitrogen functional groups attached to an aromatic ring is 1. The average Bonchev–Trinajstić information content (AvgIpc) is 2.95. The van der Waals surface area contributed by atoms with Crippen LogP contribution in [0.4, 0.5) is 5.13 Å². The number of hydrogen-bond acceptors (Lipinski definition) is 5. The third-order valence-corrected chi connectivity index (χ3v) is 5.86. The molecular weight excluding hydrogens is 332 g/mol. The largest absolute Gasteiger partial charge is 0.375 e. The van der Waals surface area contributed by atoms with Gasteiger partial charge in [0.2, 0.25) is 0 Å². The monoisotopic (exact) mass is 358 g/mol. The number of nitrogens with two attached hydrogens (primary N) is 1. The maximum Gasteiger partial charge on any atom is 0.266 e. The van der Waals surface area contributed by atoms with Gasteiger partial charge in [0.1, 0.15) is 4.88 Å². The Bertz CT molecular complexity index is 707. The molecule has 1 aromatic heterocycles. The number of aryl methyl sites for hydroxylation is 1. The Morgan fingerprint density at radius 2 is 2.00 bits per heavy atom. The number of amides is 1. The van der Waals surface area contributed by atoms with Crippen LogP contribution < -0.4 is 5.73 Å². The second kappa shape index (κ2) is 7.97. The van der Waals surface area contributed by atoms with E-state index in [1.165, 1.54) is 16.9 Å². The average molecular weight is 359 g/mol. The van der Waals surface area contributed by atoms with E-state index in [-0.39, 0.29) is 11.9 Å². The van der Waals surface area contributed by atoms with E-state index in [4.69, 9.17) is 5.73 Å². The summed E-state index contributed by atoms with van der Waals surface area (Å²) in [5.41, 5.74) is 7.81. The van der Waals surface area contributed by atoms with E-state index < -0.39 is 0 Å². The Labute approximate surface area is 153 Å². The van der Waals surface area contributed by atoms with Gasteiger partial charge in [0, 0.05) is 12.6 Å². The van der Waals surface area contributed by atoms with Gasteiger partial charge < -0.3 is 15.5 Å². The second-order valence-corrected chi connectivity index (χ2v) is 7.77. The molecule has 1 saturated heterocycles. The lowest BCUT2D eigenvalue weighted by molar-refractivity contribution is 0.0598. The van der Waals surface area contributed by atoms with Crippen LogP contribution in [0.5, 0.6) is 0 Å². The summed E-state index contributed by atoms with van der Waals surface area (Å²) in [6.45, 7) is 4.66. The Morgan fingerprint density at radius 1 is 1.32 bits per heavy atom. The highest BCUT2D eigenvalue weighted by atomic mass is 32.1. The van der Waals surface area contributed by atoms with Crippen LogP contribution in [-0.4, -0.2) is 53.4 Å². The summed E-state index contributed by atoms with van der Waals surface area (Å²) in [4.78, 5) is 22.5. The minimum atomic E-state index is 0.0807. The highest BCUT2D eigenvalue weighted by molar-refractivity contribution is 7.17. The molecule has 0 bridgehead atoms. The highest BCUT2D eigenvalue weighted by Gasteiger charge is 2.29. The third kappa shape index (κ3) is 4.38. The quantitative estimate of drug-likeness (QED) is 0.893. The molecule has 2 aromatic rings. The van der Waals surface area contributed by atoms with Crippen molar-refractivity contribution in [2.45, 2.75) is 32.2 Å². The number of likely N-dealkylation sites (tertiary alicyclic amines) is 1. The van der Waals surface area contributed by atoms with E-state index >= 15 is 0 Å². The van der Waals surface area contributed by atoms with E-state index in [0.717, 1.165) is 44.6 Å². The van der Waals surface area contributed by atoms with Gasteiger partial charge in [-0.2, -0.15) is 0 Å². The van der Waals surface area contributed by atoms with Crippen LogP contribution in [0, 0.1) is 6.92 Å². The molecule has 2 heterocycles. The van der Waals surface area contributed by atoms with Crippen molar-refractivity contribution in [1.29, 1.82) is 0 Å². The predicted octanol–water partition coefficient (Wildman–Crippen LogP) is 2.81. The lowest BCUT2D eigenvalue weighted by Gasteiger charge is -2.37. The maximum absolute atomic E-state index is 13.2. The number of carbonyl (C=O) groups excluding carboxylic acids is 1. The van der Waals surface area contributed by atoms with Crippen LogP contribution >= 0.6 is 11.3 Å². The minimum absolute atomic E-state index is 0.0807. The molecular formula is C19H26N4OS. The normalized spacial score (nSPS) is 16.1. The van der Waals surface area contributed by atoms with Gasteiger partial charge in [0.05, 0.1) is 5.69 Å². The molecule has 1 aliphatic heterocycles. The van der Waals surface area contributed by atoms with Crippen molar-refractivity contribution in [3.8, 4) is 0 Å². The molecule has 1 fully saturated rings. The van der Waals surface area contributed by atoms with Gasteiger partial charge in [0.15, 0.2) is 5.13 Å². The van der Waals surface area contributed by atoms with Crippen LogP contribution in [0.1, 0.15) is 33.8 Å². The number of piperidine rings is 1. The lowest BCUT2D eigenvalue weighted by Crippen LogP contribution is -2.47. The summed E-state index contributed by atoms with van der Waals surface area (Å²) in [5.74, 6) is 0.0807. The number of thiazole rings is 1. The van der Waals surface area contributed by atoms with E-state index in [0.29, 0.717) is 10.0 Å². The Morgan fingerprint density at radius 3 is 2.60 bits per heavy atom. The zero-order chi connectivity index (χ0) is 17.8. The van der Waals surface area contributed by atoms with Crippen LogP contribution in [0.15, 0.2) is 30.3 Å². The summed E-state index contributed by atoms with van der Waals surface area (Å²) in [7, 11) is 2.14. The van der Waals surface area contributed by atoms with Gasteiger partial charge >= 0.3 is 0 Å². The molecule has 3 rings (SSSR count). The van der Waals surface area contributed by atoms with Gasteiger partial charge in [0.25, 0.3) is 5.91 Å². The van der Waals surface area contributed by atoms with Gasteiger partial charge in [-0.3, -0.25) is 4.79 Å². The first kappa shape index (κ1) is 17.9. The van der Waals surface area contributed by atoms with E-state index in [2.05, 4.69) is 34.0 Å². The summed E-state index contributed by atoms with van der Waals surface area (Å²) in [6, 6.07) is 10.6. The van der Waals surface area contributed by atoms with Crippen LogP contribution in [-0.2, 0) is 6.42 Å². The van der Waals surface area contributed by atoms with Crippen molar-refractivity contribution in [3.05, 3.63) is 46.5 Å². The molecule has 1 aromatic carbocycles. The summed E-state index contributed by atoms with van der Waals surface area (Å²) < 4.78 is 0. The van der Waals surface area contributed by atoms with Gasteiger partial charge in [-0.1, -0.05) is 41.7 Å². The molecule has 1 aliphatic rings. The van der Waals surface area contributed by atoms with Crippen molar-refractivity contribution in [3.63, 3.8) is 0 Å². The number of aromatic nitrogens is 1. The first-order chi connectivity index (χ1) is 12.0. The van der Waals surface area contributed by atoms with Gasteiger partial charge in [-0.25, -0.2) is 4.98 Å². The second-order valence-electron chi connectivity index (χ2n) is 6.74. The van der Waals surface area contributed by atoms with Crippen LogP contribution in [0.25, 0.3) is 0 Å². The maximum atomic E-state index is 13.2. The molecule has 0 spiro atoms. The van der Waals surface area contributed by atoms with Crippen LogP contribution in [0.2, 0.25) is 0 Å². The Balaban J connectivity index is 1.78. The fourth-order valence-electron chi connectivity index (χ4n) is 3.40. The van der Waals surface area contributed by atoms with Gasteiger partial charge in [-0.15, -0.1) is 0 Å². The van der Waals surface area contributed by atoms with Crippen LogP contribution in [0.3, 0.4) is 0 Å². The molecule has 0 unspecified atom stereocenters. The summed E-state index contributed by atoms with van der Waals surface area (Å²) >= 11 is 1.30. The molecule has 25 heavy (non-hydrogen) atoms. The van der Waals surface area contributed by atoms with Crippen molar-refractivity contribution < 1.29 is 4.79 Å². The fraction of sp³-hybridized carbons (Fsp3) is 0.474. The smallest absolute Gasteiger partial charge is 0.266 e. The molecule has 134 valence electrons. The minimum Gasteiger partial charge on any atom is -0.375 e. The number of hydrogen-bond donors (Lipinski definition) is 1. The van der Waals surface area contributed by atoms with E-state index in [1.807, 2.05) is 25.1 Å². The number of nitrogens with zero attached hydrogens (tertiary/aromatic N) is 3. The topological polar surface area (TPSA) is 62.5 Å². The first-order valence-electron chi connectivity index (χ1n) is 8.81. The Kier molecular flexibility index (Phi) is 5.71. The molecule has 0 aliphatic carbocycles. The molecule has 5 nitrogen and oxygen atoms in total. The number of carbonyl (C=O) groups is 1. The molecule has 0 atom stereocenters. The molecule has 6 heteroatoms. The van der Waals surface area contributed by atoms with Crippen molar-refractivity contribution >= 4 is 22.4 Å². The number of rotatable bonds is 5. The van der Waals surface area contributed by atoms with Crippen molar-refractivity contribution in [1.82, 2.24) is 14.8 Å². The lowest BCUT2D eigenvalue weighted by atomic mass is 10.0. The number of benzene rings is 1. The first-order valence-corrected chi connectivity index (χ1v) is 9.62. The predicted molar refractivity (Wildman–Crippen MR) is 103 cm³/mol. The molecule has 2 N–H and O–H groups in total. The van der Waals surface area contributed by atoms with E-state index in [1.54, 1.807) is 0 Å². The zero-order valence-electron chi connectivity index (χ0n) is 14.9.